The zero-order chi connectivity index (χ0) is 26.4. The molecule has 1 aromatic heterocycles. The first-order chi connectivity index (χ1) is 17.7. The number of pyridine rings is 1. The second-order valence-electron chi connectivity index (χ2n) is 8.12. The Morgan fingerprint density at radius 2 is 1.76 bits per heavy atom. The number of carbonyl (C=O) groups excluding carboxylic acids is 2. The molecule has 0 saturated carbocycles. The fraction of sp³-hybridized carbons (Fsp3) is 0.240. The highest BCUT2D eigenvalue weighted by Gasteiger charge is 2.33. The second-order valence-corrected chi connectivity index (χ2v) is 8.53. The lowest BCUT2D eigenvalue weighted by Crippen LogP contribution is -2.32. The fourth-order valence-corrected chi connectivity index (χ4v) is 3.78. The van der Waals surface area contributed by atoms with Crippen LogP contribution < -0.4 is 20.7 Å². The molecule has 0 spiro atoms. The summed E-state index contributed by atoms with van der Waals surface area (Å²) in [6.45, 7) is 1.11. The predicted molar refractivity (Wildman–Crippen MR) is 131 cm³/mol. The number of hydrogen-bond donors (Lipinski definition) is 3. The van der Waals surface area contributed by atoms with Crippen LogP contribution in [0.5, 0.6) is 11.5 Å². The van der Waals surface area contributed by atoms with Gasteiger partial charge < -0.3 is 25.4 Å². The third-order valence-corrected chi connectivity index (χ3v) is 5.69. The van der Waals surface area contributed by atoms with E-state index in [0.717, 1.165) is 25.0 Å². The van der Waals surface area contributed by atoms with E-state index in [0.29, 0.717) is 30.3 Å². The molecule has 1 saturated heterocycles. The van der Waals surface area contributed by atoms with Crippen molar-refractivity contribution in [3.8, 4) is 11.5 Å². The van der Waals surface area contributed by atoms with E-state index in [9.17, 15) is 22.8 Å². The molecule has 0 radical (unpaired) electrons. The summed E-state index contributed by atoms with van der Waals surface area (Å²) in [6.07, 6.45) is -1.29. The average molecular weight is 535 g/mol. The minimum atomic E-state index is -4.65. The monoisotopic (exact) mass is 534 g/mol. The molecule has 37 heavy (non-hydrogen) atoms. The number of anilines is 2. The number of ether oxygens (including phenoxy) is 2. The van der Waals surface area contributed by atoms with Gasteiger partial charge in [0.05, 0.1) is 16.7 Å². The van der Waals surface area contributed by atoms with Crippen molar-refractivity contribution in [3.63, 3.8) is 0 Å². The number of amides is 3. The Morgan fingerprint density at radius 3 is 2.46 bits per heavy atom. The molecule has 194 valence electrons. The number of urea groups is 1. The van der Waals surface area contributed by atoms with Crippen molar-refractivity contribution in [2.75, 3.05) is 23.8 Å². The summed E-state index contributed by atoms with van der Waals surface area (Å²) in [5.74, 6) is 0.476. The third-order valence-electron chi connectivity index (χ3n) is 5.36. The van der Waals surface area contributed by atoms with Crippen LogP contribution >= 0.6 is 11.6 Å². The van der Waals surface area contributed by atoms with E-state index >= 15 is 0 Å². The first-order valence-corrected chi connectivity index (χ1v) is 11.6. The van der Waals surface area contributed by atoms with Crippen LogP contribution in [0.4, 0.5) is 29.3 Å². The molecular formula is C25H22ClF3N4O4. The number of nitrogens with one attached hydrogen (secondary N) is 3. The topological polar surface area (TPSA) is 102 Å². The zero-order valence-corrected chi connectivity index (χ0v) is 20.0. The van der Waals surface area contributed by atoms with Crippen molar-refractivity contribution in [2.24, 2.45) is 0 Å². The third kappa shape index (κ3) is 7.34. The molecule has 1 atom stereocenters. The highest BCUT2D eigenvalue weighted by Crippen LogP contribution is 2.36. The Kier molecular flexibility index (Phi) is 8.14. The van der Waals surface area contributed by atoms with Crippen molar-refractivity contribution in [2.45, 2.75) is 25.1 Å². The maximum absolute atomic E-state index is 13.0. The fourth-order valence-electron chi connectivity index (χ4n) is 3.56. The van der Waals surface area contributed by atoms with E-state index in [1.165, 1.54) is 18.3 Å². The Hall–Kier alpha value is -3.83. The Morgan fingerprint density at radius 1 is 1.03 bits per heavy atom. The summed E-state index contributed by atoms with van der Waals surface area (Å²) < 4.78 is 50.3. The van der Waals surface area contributed by atoms with Crippen molar-refractivity contribution in [1.82, 2.24) is 10.3 Å². The molecular weight excluding hydrogens is 513 g/mol. The molecule has 4 rings (SSSR count). The maximum atomic E-state index is 13.0. The van der Waals surface area contributed by atoms with Crippen LogP contribution in [-0.2, 0) is 10.9 Å². The van der Waals surface area contributed by atoms with Gasteiger partial charge in [0.25, 0.3) is 5.91 Å². The largest absolute Gasteiger partial charge is 0.457 e. The van der Waals surface area contributed by atoms with Crippen molar-refractivity contribution in [3.05, 3.63) is 77.1 Å². The molecule has 3 aromatic rings. The molecule has 0 bridgehead atoms. The molecule has 12 heteroatoms. The number of benzene rings is 2. The highest BCUT2D eigenvalue weighted by atomic mass is 35.5. The number of nitrogens with zero attached hydrogens (tertiary/aromatic N) is 1. The summed E-state index contributed by atoms with van der Waals surface area (Å²) in [4.78, 5) is 28.7. The van der Waals surface area contributed by atoms with Gasteiger partial charge in [0, 0.05) is 36.8 Å². The summed E-state index contributed by atoms with van der Waals surface area (Å²) >= 11 is 5.59. The predicted octanol–water partition coefficient (Wildman–Crippen LogP) is 6.10. The lowest BCUT2D eigenvalue weighted by atomic mass is 10.2. The molecule has 1 fully saturated rings. The number of aromatic nitrogens is 1. The Bertz CT molecular complexity index is 1270. The van der Waals surface area contributed by atoms with Crippen molar-refractivity contribution in [1.29, 1.82) is 0 Å². The minimum absolute atomic E-state index is 0.0149. The molecule has 3 amide bonds. The van der Waals surface area contributed by atoms with Gasteiger partial charge in [-0.15, -0.1) is 0 Å². The van der Waals surface area contributed by atoms with E-state index in [4.69, 9.17) is 21.1 Å². The van der Waals surface area contributed by atoms with Crippen LogP contribution in [-0.4, -0.2) is 36.2 Å². The standard InChI is InChI=1S/C25H22ClF3N4O4/c26-21-8-5-16(12-20(21)25(27,28)29)33-24(35)32-15-3-6-17(7-4-15)37-18-9-10-30-22(13-18)23(34)31-14-19-2-1-11-36-19/h3-10,12-13,19H,1-2,11,14H2,(H,31,34)(H2,32,33,35). The summed E-state index contributed by atoms with van der Waals surface area (Å²) in [5, 5.41) is 7.19. The molecule has 0 aliphatic carbocycles. The molecule has 2 heterocycles. The van der Waals surface area contributed by atoms with E-state index in [1.807, 2.05) is 0 Å². The lowest BCUT2D eigenvalue weighted by molar-refractivity contribution is -0.137. The van der Waals surface area contributed by atoms with E-state index < -0.39 is 22.8 Å². The van der Waals surface area contributed by atoms with Crippen LogP contribution in [0.3, 0.4) is 0 Å². The molecule has 2 aromatic carbocycles. The van der Waals surface area contributed by atoms with Crippen LogP contribution in [0.15, 0.2) is 60.8 Å². The molecule has 1 aliphatic rings. The molecule has 1 aliphatic heterocycles. The van der Waals surface area contributed by atoms with Crippen LogP contribution in [0, 0.1) is 0 Å². The van der Waals surface area contributed by atoms with Crippen molar-refractivity contribution < 1.29 is 32.2 Å². The van der Waals surface area contributed by atoms with Gasteiger partial charge in [-0.05, 0) is 61.4 Å². The SMILES string of the molecule is O=C(Nc1ccc(Oc2ccnc(C(=O)NCC3CCCO3)c2)cc1)Nc1ccc(Cl)c(C(F)(F)F)c1. The average Bonchev–Trinajstić information content (AvgIpc) is 3.38. The summed E-state index contributed by atoms with van der Waals surface area (Å²) in [6, 6.07) is 11.7. The normalized spacial score (nSPS) is 15.2. The van der Waals surface area contributed by atoms with Gasteiger partial charge >= 0.3 is 12.2 Å². The minimum Gasteiger partial charge on any atom is -0.457 e. The Labute approximate surface area is 215 Å². The van der Waals surface area contributed by atoms with Gasteiger partial charge in [-0.25, -0.2) is 4.79 Å². The quantitative estimate of drug-likeness (QED) is 0.340. The van der Waals surface area contributed by atoms with E-state index in [2.05, 4.69) is 20.9 Å². The summed E-state index contributed by atoms with van der Waals surface area (Å²) in [5.41, 5.74) is -0.546. The molecule has 1 unspecified atom stereocenters. The van der Waals surface area contributed by atoms with E-state index in [-0.39, 0.29) is 23.4 Å². The number of hydrogen-bond acceptors (Lipinski definition) is 5. The maximum Gasteiger partial charge on any atom is 0.417 e. The number of halogens is 4. The number of alkyl halides is 3. The number of carbonyl (C=O) groups is 2. The van der Waals surface area contributed by atoms with Crippen LogP contribution in [0.2, 0.25) is 5.02 Å². The number of rotatable bonds is 7. The van der Waals surface area contributed by atoms with Crippen LogP contribution in [0.25, 0.3) is 0 Å². The highest BCUT2D eigenvalue weighted by molar-refractivity contribution is 6.31. The second kappa shape index (κ2) is 11.5. The zero-order valence-electron chi connectivity index (χ0n) is 19.3. The smallest absolute Gasteiger partial charge is 0.417 e. The first kappa shape index (κ1) is 26.2. The van der Waals surface area contributed by atoms with Crippen LogP contribution in [0.1, 0.15) is 28.9 Å². The van der Waals surface area contributed by atoms with Crippen molar-refractivity contribution >= 4 is 34.9 Å². The van der Waals surface area contributed by atoms with Gasteiger partial charge in [0.15, 0.2) is 0 Å². The van der Waals surface area contributed by atoms with Gasteiger partial charge in [0.1, 0.15) is 17.2 Å². The Balaban J connectivity index is 1.32. The van der Waals surface area contributed by atoms with E-state index in [1.54, 1.807) is 30.3 Å². The molecule has 3 N–H and O–H groups in total. The molecule has 8 nitrogen and oxygen atoms in total. The first-order valence-electron chi connectivity index (χ1n) is 11.3. The van der Waals surface area contributed by atoms with Gasteiger partial charge in [-0.3, -0.25) is 9.78 Å². The van der Waals surface area contributed by atoms with Gasteiger partial charge in [-0.2, -0.15) is 13.2 Å². The summed E-state index contributed by atoms with van der Waals surface area (Å²) in [7, 11) is 0. The van der Waals surface area contributed by atoms with Gasteiger partial charge in [0.2, 0.25) is 0 Å². The van der Waals surface area contributed by atoms with Gasteiger partial charge in [-0.1, -0.05) is 11.6 Å². The lowest BCUT2D eigenvalue weighted by Gasteiger charge is -2.13.